The number of carbonyl (C=O) groups is 2. The number of aromatic nitrogens is 5. The van der Waals surface area contributed by atoms with Gasteiger partial charge in [0.25, 0.3) is 12.3 Å². The summed E-state index contributed by atoms with van der Waals surface area (Å²) in [7, 11) is 0. The third-order valence-corrected chi connectivity index (χ3v) is 9.48. The number of alkyl halides is 5. The minimum atomic E-state index is -4.62. The molecule has 18 heteroatoms. The van der Waals surface area contributed by atoms with Gasteiger partial charge in [0, 0.05) is 5.56 Å². The highest BCUT2D eigenvalue weighted by Crippen LogP contribution is 2.60. The van der Waals surface area contributed by atoms with E-state index in [1.54, 1.807) is 24.3 Å². The molecule has 0 bridgehead atoms. The molecule has 0 saturated heterocycles. The van der Waals surface area contributed by atoms with E-state index in [0.717, 1.165) is 28.3 Å². The number of guanidine groups is 1. The van der Waals surface area contributed by atoms with Gasteiger partial charge in [-0.15, -0.1) is 0 Å². The van der Waals surface area contributed by atoms with Crippen molar-refractivity contribution in [2.75, 3.05) is 6.61 Å². The first-order valence-electron chi connectivity index (χ1n) is 16.3. The van der Waals surface area contributed by atoms with E-state index in [0.29, 0.717) is 11.1 Å². The van der Waals surface area contributed by atoms with Crippen LogP contribution in [0, 0.1) is 16.6 Å². The number of aliphatic imine (C=N–C) groups is 1. The van der Waals surface area contributed by atoms with Crippen molar-refractivity contribution in [2.45, 2.75) is 70.6 Å². The highest BCUT2D eigenvalue weighted by molar-refractivity contribution is 6.32. The molecule has 4 aromatic rings. The number of ether oxygens (including phenoxy) is 1. The van der Waals surface area contributed by atoms with Gasteiger partial charge in [-0.3, -0.25) is 14.5 Å². The fourth-order valence-electron chi connectivity index (χ4n) is 6.45. The zero-order valence-electron chi connectivity index (χ0n) is 28.5. The van der Waals surface area contributed by atoms with Crippen molar-refractivity contribution in [3.63, 3.8) is 0 Å². The Balaban J connectivity index is 1.41. The van der Waals surface area contributed by atoms with Crippen LogP contribution >= 0.6 is 11.6 Å². The van der Waals surface area contributed by atoms with Gasteiger partial charge in [-0.1, -0.05) is 62.7 Å². The molecule has 0 spiro atoms. The third kappa shape index (κ3) is 7.43. The number of amides is 1. The van der Waals surface area contributed by atoms with Crippen LogP contribution in [0.5, 0.6) is 0 Å². The normalized spacial score (nSPS) is 19.0. The Morgan fingerprint density at radius 2 is 1.70 bits per heavy atom. The molecule has 1 amide bonds. The second kappa shape index (κ2) is 13.7. The lowest BCUT2D eigenvalue weighted by molar-refractivity contribution is -0.195. The highest BCUT2D eigenvalue weighted by atomic mass is 35.5. The SMILES string of the molecule is CC(C)(C)C[C@]1(c2ccc(-c3ncc(F)cn3)cc2)N=C(N)N([C@H](COC(=O)CC2(C(F)(F)F)CC2)c2ccc(Cl)c(-n3ncnc3C(F)F)c2)C1=O. The van der Waals surface area contributed by atoms with Crippen LogP contribution < -0.4 is 5.73 Å². The largest absolute Gasteiger partial charge is 0.463 e. The van der Waals surface area contributed by atoms with Crippen LogP contribution in [0.4, 0.5) is 26.3 Å². The first-order valence-corrected chi connectivity index (χ1v) is 16.7. The molecule has 2 aliphatic rings. The van der Waals surface area contributed by atoms with Gasteiger partial charge in [0.05, 0.1) is 41.0 Å². The molecule has 1 saturated carbocycles. The number of nitrogens with two attached hydrogens (primary N) is 1. The molecule has 11 nitrogen and oxygen atoms in total. The molecule has 6 rings (SSSR count). The van der Waals surface area contributed by atoms with Crippen LogP contribution in [0.15, 0.2) is 66.2 Å². The van der Waals surface area contributed by atoms with E-state index < -0.39 is 71.6 Å². The van der Waals surface area contributed by atoms with Crippen molar-refractivity contribution in [1.82, 2.24) is 29.6 Å². The first-order chi connectivity index (χ1) is 24.8. The summed E-state index contributed by atoms with van der Waals surface area (Å²) in [6, 6.07) is 9.30. The summed E-state index contributed by atoms with van der Waals surface area (Å²) in [6.07, 6.45) is -6.00. The van der Waals surface area contributed by atoms with Crippen molar-refractivity contribution in [3.8, 4) is 17.1 Å². The molecule has 1 fully saturated rings. The number of hydrogen-bond acceptors (Lipinski definition) is 9. The smallest absolute Gasteiger partial charge is 0.395 e. The highest BCUT2D eigenvalue weighted by Gasteiger charge is 2.64. The topological polar surface area (TPSA) is 141 Å². The summed E-state index contributed by atoms with van der Waals surface area (Å²) in [5.41, 5.74) is 3.17. The minimum Gasteiger partial charge on any atom is -0.463 e. The molecular weight excluding hydrogens is 730 g/mol. The number of rotatable bonds is 11. The summed E-state index contributed by atoms with van der Waals surface area (Å²) < 4.78 is 88.5. The summed E-state index contributed by atoms with van der Waals surface area (Å²) in [5, 5.41) is 3.84. The van der Waals surface area contributed by atoms with E-state index in [-0.39, 0.29) is 47.3 Å². The van der Waals surface area contributed by atoms with Gasteiger partial charge in [0.1, 0.15) is 12.9 Å². The van der Waals surface area contributed by atoms with E-state index in [2.05, 4.69) is 20.1 Å². The quantitative estimate of drug-likeness (QED) is 0.124. The maximum atomic E-state index is 14.9. The van der Waals surface area contributed by atoms with Gasteiger partial charge in [-0.2, -0.15) is 18.3 Å². The molecule has 53 heavy (non-hydrogen) atoms. The second-order valence-corrected chi connectivity index (χ2v) is 14.6. The van der Waals surface area contributed by atoms with Gasteiger partial charge in [0.15, 0.2) is 29.0 Å². The Hall–Kier alpha value is -5.06. The summed E-state index contributed by atoms with van der Waals surface area (Å²) in [4.78, 5) is 45.2. The lowest BCUT2D eigenvalue weighted by Gasteiger charge is -2.35. The predicted octanol–water partition coefficient (Wildman–Crippen LogP) is 7.26. The number of esters is 1. The van der Waals surface area contributed by atoms with Crippen LogP contribution in [-0.4, -0.2) is 60.3 Å². The molecule has 2 atom stereocenters. The fourth-order valence-corrected chi connectivity index (χ4v) is 6.64. The monoisotopic (exact) mass is 762 g/mol. The molecule has 280 valence electrons. The number of carbonyl (C=O) groups excluding carboxylic acids is 2. The maximum Gasteiger partial charge on any atom is 0.395 e. The molecule has 2 aromatic heterocycles. The van der Waals surface area contributed by atoms with Crippen molar-refractivity contribution in [2.24, 2.45) is 21.6 Å². The Kier molecular flexibility index (Phi) is 9.76. The summed E-state index contributed by atoms with van der Waals surface area (Å²) in [5.74, 6) is -3.23. The lowest BCUT2D eigenvalue weighted by atomic mass is 9.75. The second-order valence-electron chi connectivity index (χ2n) is 14.2. The van der Waals surface area contributed by atoms with E-state index in [1.807, 2.05) is 20.8 Å². The molecule has 2 aromatic carbocycles. The van der Waals surface area contributed by atoms with Crippen LogP contribution in [-0.2, 0) is 19.9 Å². The van der Waals surface area contributed by atoms with Gasteiger partial charge in [-0.05, 0) is 47.9 Å². The molecule has 0 unspecified atom stereocenters. The van der Waals surface area contributed by atoms with Gasteiger partial charge in [0.2, 0.25) is 0 Å². The minimum absolute atomic E-state index is 0.0283. The summed E-state index contributed by atoms with van der Waals surface area (Å²) in [6.45, 7) is 4.97. The Bertz CT molecular complexity index is 2050. The van der Waals surface area contributed by atoms with Gasteiger partial charge >= 0.3 is 12.1 Å². The molecule has 1 aliphatic heterocycles. The van der Waals surface area contributed by atoms with Crippen LogP contribution in [0.2, 0.25) is 5.02 Å². The van der Waals surface area contributed by atoms with Crippen molar-refractivity contribution >= 4 is 29.4 Å². The van der Waals surface area contributed by atoms with Gasteiger partial charge in [-0.25, -0.2) is 37.8 Å². The Labute approximate surface area is 304 Å². The first kappa shape index (κ1) is 37.7. The zero-order valence-corrected chi connectivity index (χ0v) is 29.3. The van der Waals surface area contributed by atoms with E-state index in [1.165, 1.54) is 18.2 Å². The average molecular weight is 763 g/mol. The average Bonchev–Trinajstić information content (AvgIpc) is 3.63. The van der Waals surface area contributed by atoms with Gasteiger partial charge < -0.3 is 10.5 Å². The number of hydrogen-bond donors (Lipinski definition) is 1. The van der Waals surface area contributed by atoms with E-state index >= 15 is 0 Å². The van der Waals surface area contributed by atoms with Crippen molar-refractivity contribution < 1.29 is 40.7 Å². The Morgan fingerprint density at radius 3 is 2.28 bits per heavy atom. The maximum absolute atomic E-state index is 14.9. The molecule has 2 N–H and O–H groups in total. The molecular formula is C35H33ClF6N8O3. The number of nitrogens with zero attached hydrogens (tertiary/aromatic N) is 7. The Morgan fingerprint density at radius 1 is 1.04 bits per heavy atom. The molecule has 3 heterocycles. The standard InChI is InChI=1S/C35H33ClF6N8O3/c1-32(2,3)17-34(21-7-4-19(5-8-21)28-44-14-22(37)15-45-28)30(52)49(31(43)48-34)25(16-53-26(51)13-33(10-11-33)35(40,41)42)20-6-9-23(36)24(12-20)50-29(27(38)39)46-18-47-50/h4-9,12,14-15,18,25,27H,10-11,13,16-17H2,1-3H3,(H2,43,48)/t25-,34-/m1/s1. The third-order valence-electron chi connectivity index (χ3n) is 9.16. The fraction of sp³-hybridized carbons (Fsp3) is 0.400. The zero-order chi connectivity index (χ0) is 38.5. The molecule has 1 aliphatic carbocycles. The number of halogens is 7. The number of benzene rings is 2. The van der Waals surface area contributed by atoms with E-state index in [4.69, 9.17) is 27.1 Å². The molecule has 0 radical (unpaired) electrons. The predicted molar refractivity (Wildman–Crippen MR) is 179 cm³/mol. The summed E-state index contributed by atoms with van der Waals surface area (Å²) >= 11 is 6.42. The van der Waals surface area contributed by atoms with Crippen molar-refractivity contribution in [3.05, 3.63) is 89.0 Å². The van der Waals surface area contributed by atoms with Crippen LogP contribution in [0.25, 0.3) is 17.1 Å². The van der Waals surface area contributed by atoms with Crippen LogP contribution in [0.3, 0.4) is 0 Å². The van der Waals surface area contributed by atoms with Crippen molar-refractivity contribution in [1.29, 1.82) is 0 Å². The van der Waals surface area contributed by atoms with Crippen LogP contribution in [0.1, 0.15) is 75.9 Å². The lowest BCUT2D eigenvalue weighted by Crippen LogP contribution is -2.47. The van der Waals surface area contributed by atoms with E-state index in [9.17, 15) is 35.9 Å².